The van der Waals surface area contributed by atoms with E-state index >= 15 is 0 Å². The zero-order valence-corrected chi connectivity index (χ0v) is 12.4. The third-order valence-corrected chi connectivity index (χ3v) is 5.25. The number of aromatic amines is 1. The maximum atomic E-state index is 12.6. The Morgan fingerprint density at radius 3 is 2.68 bits per heavy atom. The van der Waals surface area contributed by atoms with Crippen molar-refractivity contribution in [3.8, 4) is 0 Å². The van der Waals surface area contributed by atoms with Gasteiger partial charge in [0.05, 0.1) is 17.7 Å². The molecule has 1 aromatic heterocycles. The maximum absolute atomic E-state index is 12.6. The largest absolute Gasteiger partial charge is 0.392 e. The number of imidazole rings is 1. The smallest absolute Gasteiger partial charge is 0.260 e. The Hall–Kier alpha value is -0.990. The van der Waals surface area contributed by atoms with Gasteiger partial charge in [-0.05, 0) is 19.8 Å². The number of hydrogen-bond donors (Lipinski definition) is 2. The van der Waals surface area contributed by atoms with Gasteiger partial charge in [0.25, 0.3) is 10.0 Å². The van der Waals surface area contributed by atoms with Gasteiger partial charge in [-0.25, -0.2) is 13.4 Å². The highest BCUT2D eigenvalue weighted by Gasteiger charge is 2.34. The van der Waals surface area contributed by atoms with Crippen LogP contribution in [0.15, 0.2) is 11.2 Å². The number of aromatic nitrogens is 2. The molecule has 106 valence electrons. The van der Waals surface area contributed by atoms with Crippen molar-refractivity contribution in [1.29, 1.82) is 0 Å². The molecule has 1 aromatic rings. The summed E-state index contributed by atoms with van der Waals surface area (Å²) in [6.07, 6.45) is 5.13. The Morgan fingerprint density at radius 2 is 2.21 bits per heavy atom. The minimum Gasteiger partial charge on any atom is -0.392 e. The van der Waals surface area contributed by atoms with Gasteiger partial charge >= 0.3 is 0 Å². The van der Waals surface area contributed by atoms with Crippen LogP contribution in [-0.2, 0) is 10.0 Å². The number of aryl methyl sites for hydroxylation is 1. The lowest BCUT2D eigenvalue weighted by Crippen LogP contribution is -2.43. The summed E-state index contributed by atoms with van der Waals surface area (Å²) in [6.45, 7) is 1.80. The van der Waals surface area contributed by atoms with Crippen LogP contribution >= 0.6 is 12.2 Å². The third-order valence-electron chi connectivity index (χ3n) is 3.31. The summed E-state index contributed by atoms with van der Waals surface area (Å²) in [6, 6.07) is -0.0184. The number of rotatable bonds is 5. The molecular formula is C11H18N4O2S2. The summed E-state index contributed by atoms with van der Waals surface area (Å²) in [5.41, 5.74) is 5.54. The number of hydrogen-bond acceptors (Lipinski definition) is 4. The van der Waals surface area contributed by atoms with Crippen molar-refractivity contribution >= 4 is 27.2 Å². The van der Waals surface area contributed by atoms with E-state index in [1.54, 1.807) is 6.92 Å². The van der Waals surface area contributed by atoms with Crippen molar-refractivity contribution in [2.75, 3.05) is 6.54 Å². The molecule has 19 heavy (non-hydrogen) atoms. The lowest BCUT2D eigenvalue weighted by atomic mass is 10.2. The second-order valence-electron chi connectivity index (χ2n) is 4.79. The van der Waals surface area contributed by atoms with Gasteiger partial charge in [-0.3, -0.25) is 0 Å². The molecule has 0 radical (unpaired) electrons. The lowest BCUT2D eigenvalue weighted by Gasteiger charge is -2.26. The van der Waals surface area contributed by atoms with Crippen molar-refractivity contribution in [3.05, 3.63) is 12.0 Å². The zero-order chi connectivity index (χ0) is 14.0. The van der Waals surface area contributed by atoms with E-state index in [9.17, 15) is 8.42 Å². The van der Waals surface area contributed by atoms with E-state index in [-0.39, 0.29) is 22.6 Å². The van der Waals surface area contributed by atoms with Crippen molar-refractivity contribution < 1.29 is 8.42 Å². The molecule has 0 bridgehead atoms. The number of nitrogens with zero attached hydrogens (tertiary/aromatic N) is 2. The van der Waals surface area contributed by atoms with Gasteiger partial charge in [0.1, 0.15) is 5.82 Å². The molecule has 1 aliphatic carbocycles. The van der Waals surface area contributed by atoms with Crippen LogP contribution < -0.4 is 5.73 Å². The molecule has 2 rings (SSSR count). The number of nitrogens with one attached hydrogen (secondary N) is 1. The molecular weight excluding hydrogens is 284 g/mol. The standard InChI is InChI=1S/C11H18N4O2S2/c1-8-13-6-11(14-8)19(16,17)15(7-10(12)18)9-4-2-3-5-9/h6,9H,2-5,7H2,1H3,(H2,12,18)(H,13,14). The van der Waals surface area contributed by atoms with Crippen molar-refractivity contribution in [2.45, 2.75) is 43.7 Å². The van der Waals surface area contributed by atoms with Gasteiger partial charge in [-0.2, -0.15) is 4.31 Å². The molecule has 8 heteroatoms. The zero-order valence-electron chi connectivity index (χ0n) is 10.8. The Balaban J connectivity index is 2.33. The number of H-pyrrole nitrogens is 1. The van der Waals surface area contributed by atoms with Crippen LogP contribution in [0.5, 0.6) is 0 Å². The number of sulfonamides is 1. The Bertz CT molecular complexity index is 561. The van der Waals surface area contributed by atoms with Crippen LogP contribution in [-0.4, -0.2) is 40.3 Å². The summed E-state index contributed by atoms with van der Waals surface area (Å²) in [7, 11) is -3.61. The van der Waals surface area contributed by atoms with E-state index < -0.39 is 10.0 Å². The fourth-order valence-electron chi connectivity index (χ4n) is 2.41. The molecule has 0 spiro atoms. The summed E-state index contributed by atoms with van der Waals surface area (Å²) >= 11 is 4.88. The van der Waals surface area contributed by atoms with Gasteiger partial charge in [0, 0.05) is 6.04 Å². The first-order chi connectivity index (χ1) is 8.91. The van der Waals surface area contributed by atoms with Gasteiger partial charge in [-0.1, -0.05) is 25.1 Å². The highest BCUT2D eigenvalue weighted by atomic mass is 32.2. The van der Waals surface area contributed by atoms with E-state index in [1.807, 2.05) is 0 Å². The highest BCUT2D eigenvalue weighted by molar-refractivity contribution is 7.89. The maximum Gasteiger partial charge on any atom is 0.260 e. The van der Waals surface area contributed by atoms with E-state index in [2.05, 4.69) is 9.97 Å². The SMILES string of the molecule is Cc1ncc(S(=O)(=O)N(CC(N)=S)C2CCCC2)[nH]1. The molecule has 0 aromatic carbocycles. The molecule has 0 saturated heterocycles. The second-order valence-corrected chi connectivity index (χ2v) is 7.17. The van der Waals surface area contributed by atoms with Crippen molar-refractivity contribution in [3.63, 3.8) is 0 Å². The molecule has 0 aliphatic heterocycles. The van der Waals surface area contributed by atoms with Gasteiger partial charge < -0.3 is 10.7 Å². The Labute approximate surface area is 118 Å². The van der Waals surface area contributed by atoms with Crippen LogP contribution in [0.1, 0.15) is 31.5 Å². The summed E-state index contributed by atoms with van der Waals surface area (Å²) in [4.78, 5) is 6.90. The number of nitrogens with two attached hydrogens (primary N) is 1. The quantitative estimate of drug-likeness (QED) is 0.790. The predicted octanol–water partition coefficient (Wildman–Crippen LogP) is 0.938. The highest BCUT2D eigenvalue weighted by Crippen LogP contribution is 2.27. The topological polar surface area (TPSA) is 92.1 Å². The van der Waals surface area contributed by atoms with Gasteiger partial charge in [-0.15, -0.1) is 0 Å². The molecule has 0 amide bonds. The van der Waals surface area contributed by atoms with Crippen LogP contribution in [0.3, 0.4) is 0 Å². The molecule has 1 aliphatic rings. The minimum absolute atomic E-state index is 0.0184. The second kappa shape index (κ2) is 5.56. The molecule has 1 fully saturated rings. The monoisotopic (exact) mass is 302 g/mol. The van der Waals surface area contributed by atoms with Crippen molar-refractivity contribution in [1.82, 2.24) is 14.3 Å². The number of thiocarbonyl (C=S) groups is 1. The molecule has 6 nitrogen and oxygen atoms in total. The van der Waals surface area contributed by atoms with Crippen molar-refractivity contribution in [2.24, 2.45) is 5.73 Å². The Morgan fingerprint density at radius 1 is 1.58 bits per heavy atom. The Kier molecular flexibility index (Phi) is 4.22. The third kappa shape index (κ3) is 3.13. The van der Waals surface area contributed by atoms with Crippen LogP contribution in [0.25, 0.3) is 0 Å². The van der Waals surface area contributed by atoms with E-state index in [0.717, 1.165) is 25.7 Å². The first-order valence-corrected chi connectivity index (χ1v) is 8.08. The molecule has 0 atom stereocenters. The van der Waals surface area contributed by atoms with Gasteiger partial charge in [0.2, 0.25) is 0 Å². The fraction of sp³-hybridized carbons (Fsp3) is 0.636. The van der Waals surface area contributed by atoms with Gasteiger partial charge in [0.15, 0.2) is 5.03 Å². The summed E-state index contributed by atoms with van der Waals surface area (Å²) in [5, 5.41) is 0.105. The normalized spacial score (nSPS) is 17.2. The average Bonchev–Trinajstić information content (AvgIpc) is 2.96. The fourth-order valence-corrected chi connectivity index (χ4v) is 4.26. The molecule has 1 saturated carbocycles. The minimum atomic E-state index is -3.61. The first kappa shape index (κ1) is 14.4. The van der Waals surface area contributed by atoms with E-state index in [4.69, 9.17) is 18.0 Å². The van der Waals surface area contributed by atoms with Crippen LogP contribution in [0.2, 0.25) is 0 Å². The summed E-state index contributed by atoms with van der Waals surface area (Å²) < 4.78 is 26.6. The van der Waals surface area contributed by atoms with E-state index in [0.29, 0.717) is 5.82 Å². The molecule has 3 N–H and O–H groups in total. The van der Waals surface area contributed by atoms with E-state index in [1.165, 1.54) is 10.5 Å². The molecule has 0 unspecified atom stereocenters. The first-order valence-electron chi connectivity index (χ1n) is 6.23. The lowest BCUT2D eigenvalue weighted by molar-refractivity contribution is 0.354. The van der Waals surface area contributed by atoms with Crippen LogP contribution in [0.4, 0.5) is 0 Å². The summed E-state index contributed by atoms with van der Waals surface area (Å²) in [5.74, 6) is 0.570. The van der Waals surface area contributed by atoms with Crippen LogP contribution in [0, 0.1) is 6.92 Å². The molecule has 1 heterocycles. The predicted molar refractivity (Wildman–Crippen MR) is 76.3 cm³/mol. The average molecular weight is 302 g/mol.